The number of hydrogen-bond donors (Lipinski definition) is 2. The van der Waals surface area contributed by atoms with E-state index in [0.29, 0.717) is 12.1 Å². The summed E-state index contributed by atoms with van der Waals surface area (Å²) in [6.07, 6.45) is -1.97. The first kappa shape index (κ1) is 26.2. The maximum absolute atomic E-state index is 12.9. The van der Waals surface area contributed by atoms with E-state index in [9.17, 15) is 22.8 Å². The predicted octanol–water partition coefficient (Wildman–Crippen LogP) is 4.36. The summed E-state index contributed by atoms with van der Waals surface area (Å²) in [7, 11) is 2.11. The fourth-order valence-corrected chi connectivity index (χ4v) is 5.26. The summed E-state index contributed by atoms with van der Waals surface area (Å²) in [6.45, 7) is 5.94. The fraction of sp³-hybridized carbons (Fsp3) is 0.542. The van der Waals surface area contributed by atoms with Crippen molar-refractivity contribution in [2.75, 3.05) is 13.6 Å². The largest absolute Gasteiger partial charge is 0.416 e. The van der Waals surface area contributed by atoms with E-state index in [2.05, 4.69) is 41.4 Å². The minimum absolute atomic E-state index is 0.0572. The topological polar surface area (TPSA) is 74.3 Å². The number of nitrogens with one attached hydrogen (secondary N) is 2. The number of nitrogens with zero attached hydrogens (tertiary/aromatic N) is 2. The van der Waals surface area contributed by atoms with Crippen LogP contribution in [0.2, 0.25) is 0 Å². The molecule has 186 valence electrons. The standard InChI is InChI=1S/C24H31F3N4O2S/c1-14(2)31(4)18-8-9-20(19(11-18)23-29-15(3)13-34-23)30-21(32)12-28-22(33)16-6-5-7-17(10-16)24(25,26)27/h5-7,10,13-14,18-20H,8-9,11-12H2,1-4H3,(H,28,33)(H,30,32)/t18-,19-,20+/m1/s1. The van der Waals surface area contributed by atoms with E-state index in [1.54, 1.807) is 11.3 Å². The highest BCUT2D eigenvalue weighted by Crippen LogP contribution is 2.37. The Morgan fingerprint density at radius 1 is 1.26 bits per heavy atom. The van der Waals surface area contributed by atoms with Crippen molar-refractivity contribution >= 4 is 23.2 Å². The monoisotopic (exact) mass is 496 g/mol. The van der Waals surface area contributed by atoms with Gasteiger partial charge in [-0.05, 0) is 65.3 Å². The number of thiazole rings is 1. The van der Waals surface area contributed by atoms with Gasteiger partial charge in [0.2, 0.25) is 5.91 Å². The zero-order valence-corrected chi connectivity index (χ0v) is 20.6. The second-order valence-corrected chi connectivity index (χ2v) is 9.98. The van der Waals surface area contributed by atoms with Crippen molar-refractivity contribution in [2.45, 2.75) is 70.3 Å². The molecule has 3 atom stereocenters. The minimum atomic E-state index is -4.54. The molecule has 0 radical (unpaired) electrons. The number of carbonyl (C=O) groups excluding carboxylic acids is 2. The van der Waals surface area contributed by atoms with Gasteiger partial charge in [0.05, 0.1) is 17.1 Å². The highest BCUT2D eigenvalue weighted by molar-refractivity contribution is 7.09. The zero-order chi connectivity index (χ0) is 25.0. The quantitative estimate of drug-likeness (QED) is 0.597. The lowest BCUT2D eigenvalue weighted by Gasteiger charge is -2.41. The van der Waals surface area contributed by atoms with Gasteiger partial charge in [0.1, 0.15) is 0 Å². The molecule has 0 unspecified atom stereocenters. The summed E-state index contributed by atoms with van der Waals surface area (Å²) >= 11 is 1.59. The molecular formula is C24H31F3N4O2S. The number of benzene rings is 1. The SMILES string of the molecule is Cc1csc([C@@H]2C[C@H](N(C)C(C)C)CC[C@@H]2NC(=O)CNC(=O)c2cccc(C(F)(F)F)c2)n1. The average molecular weight is 497 g/mol. The van der Waals surface area contributed by atoms with E-state index in [4.69, 9.17) is 0 Å². The van der Waals surface area contributed by atoms with Crippen LogP contribution < -0.4 is 10.6 Å². The van der Waals surface area contributed by atoms with E-state index in [1.165, 1.54) is 12.1 Å². The van der Waals surface area contributed by atoms with E-state index in [0.717, 1.165) is 42.1 Å². The van der Waals surface area contributed by atoms with Gasteiger partial charge in [-0.3, -0.25) is 9.59 Å². The van der Waals surface area contributed by atoms with Gasteiger partial charge in [-0.25, -0.2) is 4.98 Å². The lowest BCUT2D eigenvalue weighted by atomic mass is 9.81. The fourth-order valence-electron chi connectivity index (χ4n) is 4.29. The molecule has 1 aliphatic rings. The molecule has 0 saturated heterocycles. The third-order valence-corrected chi connectivity index (χ3v) is 7.47. The smallest absolute Gasteiger partial charge is 0.351 e. The summed E-state index contributed by atoms with van der Waals surface area (Å²) in [5.74, 6) is -1.04. The summed E-state index contributed by atoms with van der Waals surface area (Å²) in [5.41, 5.74) is -0.108. The lowest BCUT2D eigenvalue weighted by Crippen LogP contribution is -2.50. The van der Waals surface area contributed by atoms with E-state index >= 15 is 0 Å². The Morgan fingerprint density at radius 3 is 2.62 bits per heavy atom. The Hall–Kier alpha value is -2.46. The van der Waals surface area contributed by atoms with Gasteiger partial charge in [0.25, 0.3) is 5.91 Å². The number of aryl methyl sites for hydroxylation is 1. The zero-order valence-electron chi connectivity index (χ0n) is 19.8. The maximum Gasteiger partial charge on any atom is 0.416 e. The molecule has 2 N–H and O–H groups in total. The van der Waals surface area contributed by atoms with Crippen LogP contribution in [0.15, 0.2) is 29.6 Å². The highest BCUT2D eigenvalue weighted by Gasteiger charge is 2.36. The normalized spacial score (nSPS) is 21.0. The van der Waals surface area contributed by atoms with E-state index in [1.807, 2.05) is 12.3 Å². The summed E-state index contributed by atoms with van der Waals surface area (Å²) in [5, 5.41) is 8.43. The molecule has 0 spiro atoms. The van der Waals surface area contributed by atoms with Crippen molar-refractivity contribution in [2.24, 2.45) is 0 Å². The molecule has 6 nitrogen and oxygen atoms in total. The molecule has 1 aliphatic carbocycles. The lowest BCUT2D eigenvalue weighted by molar-refractivity contribution is -0.137. The third kappa shape index (κ3) is 6.56. The van der Waals surface area contributed by atoms with Crippen molar-refractivity contribution in [3.63, 3.8) is 0 Å². The first-order valence-electron chi connectivity index (χ1n) is 11.3. The molecule has 0 aliphatic heterocycles. The molecule has 1 heterocycles. The van der Waals surface area contributed by atoms with Gasteiger partial charge in [-0.2, -0.15) is 13.2 Å². The van der Waals surface area contributed by atoms with Crippen LogP contribution >= 0.6 is 11.3 Å². The number of rotatable bonds is 7. The van der Waals surface area contributed by atoms with Gasteiger partial charge < -0.3 is 15.5 Å². The van der Waals surface area contributed by atoms with Crippen molar-refractivity contribution in [3.8, 4) is 0 Å². The Labute approximate surface area is 201 Å². The first-order valence-corrected chi connectivity index (χ1v) is 12.2. The van der Waals surface area contributed by atoms with Crippen LogP contribution in [0.1, 0.15) is 65.7 Å². The van der Waals surface area contributed by atoms with Crippen molar-refractivity contribution < 1.29 is 22.8 Å². The van der Waals surface area contributed by atoms with Crippen molar-refractivity contribution in [1.82, 2.24) is 20.5 Å². The number of aromatic nitrogens is 1. The van der Waals surface area contributed by atoms with Crippen LogP contribution in [-0.4, -0.2) is 53.4 Å². The number of carbonyl (C=O) groups is 2. The highest BCUT2D eigenvalue weighted by atomic mass is 32.1. The second kappa shape index (κ2) is 10.9. The number of alkyl halides is 3. The average Bonchev–Trinajstić information content (AvgIpc) is 3.22. The van der Waals surface area contributed by atoms with Crippen molar-refractivity contribution in [1.29, 1.82) is 0 Å². The maximum atomic E-state index is 12.9. The molecule has 2 amide bonds. The minimum Gasteiger partial charge on any atom is -0.351 e. The summed E-state index contributed by atoms with van der Waals surface area (Å²) in [4.78, 5) is 32.0. The summed E-state index contributed by atoms with van der Waals surface area (Å²) in [6, 6.07) is 4.79. The van der Waals surface area contributed by atoms with Crippen LogP contribution in [-0.2, 0) is 11.0 Å². The predicted molar refractivity (Wildman–Crippen MR) is 126 cm³/mol. The van der Waals surface area contributed by atoms with Gasteiger partial charge in [0.15, 0.2) is 0 Å². The van der Waals surface area contributed by atoms with E-state index < -0.39 is 17.6 Å². The Balaban J connectivity index is 1.63. The number of halogens is 3. The molecule has 34 heavy (non-hydrogen) atoms. The molecule has 10 heteroatoms. The van der Waals surface area contributed by atoms with Crippen LogP contribution in [0.5, 0.6) is 0 Å². The van der Waals surface area contributed by atoms with E-state index in [-0.39, 0.29) is 30.0 Å². The van der Waals surface area contributed by atoms with Crippen molar-refractivity contribution in [3.05, 3.63) is 51.5 Å². The first-order chi connectivity index (χ1) is 16.0. The van der Waals surface area contributed by atoms with Gasteiger partial charge in [-0.15, -0.1) is 11.3 Å². The molecule has 1 aromatic heterocycles. The Kier molecular flexibility index (Phi) is 8.35. The molecule has 1 fully saturated rings. The Morgan fingerprint density at radius 2 is 2.00 bits per heavy atom. The molecular weight excluding hydrogens is 465 g/mol. The molecule has 1 aromatic carbocycles. The van der Waals surface area contributed by atoms with Crippen LogP contribution in [0.3, 0.4) is 0 Å². The molecule has 2 aromatic rings. The molecule has 1 saturated carbocycles. The Bertz CT molecular complexity index is 1010. The number of amides is 2. The van der Waals surface area contributed by atoms with Gasteiger partial charge >= 0.3 is 6.18 Å². The van der Waals surface area contributed by atoms with Gasteiger partial charge in [-0.1, -0.05) is 6.07 Å². The summed E-state index contributed by atoms with van der Waals surface area (Å²) < 4.78 is 38.7. The second-order valence-electron chi connectivity index (χ2n) is 9.09. The van der Waals surface area contributed by atoms with Crippen LogP contribution in [0.25, 0.3) is 0 Å². The van der Waals surface area contributed by atoms with Gasteiger partial charge in [0, 0.05) is 40.7 Å². The van der Waals surface area contributed by atoms with Crippen LogP contribution in [0.4, 0.5) is 13.2 Å². The third-order valence-electron chi connectivity index (χ3n) is 6.38. The van der Waals surface area contributed by atoms with Crippen LogP contribution in [0, 0.1) is 6.92 Å². The molecule has 0 bridgehead atoms. The number of hydrogen-bond acceptors (Lipinski definition) is 5. The molecule has 3 rings (SSSR count).